The van der Waals surface area contributed by atoms with Gasteiger partial charge in [-0.25, -0.2) is 0 Å². The maximum Gasteiger partial charge on any atom is 0.323 e. The van der Waals surface area contributed by atoms with E-state index in [9.17, 15) is 15.0 Å². The zero-order chi connectivity index (χ0) is 24.2. The van der Waals surface area contributed by atoms with Crippen molar-refractivity contribution < 1.29 is 29.0 Å². The number of carbonyl (C=O) groups is 1. The Kier molecular flexibility index (Phi) is 10.2. The molecule has 0 aromatic rings. The van der Waals surface area contributed by atoms with Crippen LogP contribution < -0.4 is 0 Å². The molecular weight excluding hydrogens is 414 g/mol. The highest BCUT2D eigenvalue weighted by Crippen LogP contribution is 2.44. The molecule has 0 aromatic carbocycles. The van der Waals surface area contributed by atoms with Crippen molar-refractivity contribution in [1.82, 2.24) is 5.06 Å². The van der Waals surface area contributed by atoms with E-state index in [1.54, 1.807) is 5.06 Å². The van der Waals surface area contributed by atoms with Gasteiger partial charge in [0, 0.05) is 0 Å². The van der Waals surface area contributed by atoms with Crippen molar-refractivity contribution in [2.45, 2.75) is 117 Å². The number of hydrogen-bond acceptors (Lipinski definition) is 7. The average molecular weight is 462 g/mol. The Morgan fingerprint density at radius 1 is 1.19 bits per heavy atom. The number of nitrogens with zero attached hydrogens (tertiary/aromatic N) is 1. The Morgan fingerprint density at radius 3 is 2.19 bits per heavy atom. The summed E-state index contributed by atoms with van der Waals surface area (Å²) in [7, 11) is -1.35. The van der Waals surface area contributed by atoms with Crippen molar-refractivity contribution in [3.05, 3.63) is 0 Å². The van der Waals surface area contributed by atoms with Crippen LogP contribution in [-0.4, -0.2) is 72.9 Å². The van der Waals surface area contributed by atoms with Crippen molar-refractivity contribution in [3.63, 3.8) is 0 Å². The minimum Gasteiger partial charge on any atom is -0.459 e. The summed E-state index contributed by atoms with van der Waals surface area (Å²) < 4.78 is 12.0. The first kappa shape index (κ1) is 28.5. The lowest BCUT2D eigenvalue weighted by molar-refractivity contribution is -0.225. The number of ether oxygens (including phenoxy) is 1. The molecule has 4 atom stereocenters. The Morgan fingerprint density at radius 2 is 1.77 bits per heavy atom. The number of hydroxylamine groups is 2. The Hall–Kier alpha value is -0.513. The van der Waals surface area contributed by atoms with Crippen molar-refractivity contribution in [1.29, 1.82) is 0 Å². The Labute approximate surface area is 191 Å². The minimum absolute atomic E-state index is 0.0331. The zero-order valence-corrected chi connectivity index (χ0v) is 22.6. The fourth-order valence-electron chi connectivity index (χ4n) is 4.51. The van der Waals surface area contributed by atoms with Crippen LogP contribution in [0.4, 0.5) is 0 Å². The van der Waals surface area contributed by atoms with Gasteiger partial charge in [-0.3, -0.25) is 9.63 Å². The molecule has 0 amide bonds. The molecule has 1 rings (SSSR count). The number of aliphatic hydroxyl groups excluding tert-OH is 2. The monoisotopic (exact) mass is 461 g/mol. The van der Waals surface area contributed by atoms with Crippen LogP contribution in [0, 0.1) is 11.3 Å². The summed E-state index contributed by atoms with van der Waals surface area (Å²) in [5, 5.41) is 21.7. The quantitative estimate of drug-likeness (QED) is 0.381. The number of aliphatic hydroxyl groups is 2. The molecule has 7 nitrogen and oxygen atoms in total. The summed E-state index contributed by atoms with van der Waals surface area (Å²) in [6, 6.07) is 0. The average Bonchev–Trinajstić information content (AvgIpc) is 2.86. The van der Waals surface area contributed by atoms with Gasteiger partial charge in [-0.2, -0.15) is 5.06 Å². The van der Waals surface area contributed by atoms with E-state index in [2.05, 4.69) is 47.7 Å². The largest absolute Gasteiger partial charge is 0.459 e. The molecular formula is C23H47NO6Si. The first-order valence-corrected chi connectivity index (χ1v) is 14.4. The molecule has 4 unspecified atom stereocenters. The molecule has 1 heterocycles. The molecule has 2 N–H and O–H groups in total. The van der Waals surface area contributed by atoms with Crippen molar-refractivity contribution >= 4 is 15.0 Å². The van der Waals surface area contributed by atoms with E-state index in [0.29, 0.717) is 18.8 Å². The summed E-state index contributed by atoms with van der Waals surface area (Å²) in [4.78, 5) is 19.1. The van der Waals surface area contributed by atoms with Gasteiger partial charge in [0.25, 0.3) is 0 Å². The van der Waals surface area contributed by atoms with Crippen LogP contribution in [0.3, 0.4) is 0 Å². The third-order valence-electron chi connectivity index (χ3n) is 5.29. The fourth-order valence-corrected chi connectivity index (χ4v) is 5.68. The van der Waals surface area contributed by atoms with E-state index >= 15 is 0 Å². The topological polar surface area (TPSA) is 88.5 Å². The lowest BCUT2D eigenvalue weighted by Gasteiger charge is -2.38. The van der Waals surface area contributed by atoms with Crippen LogP contribution in [-0.2, 0) is 18.8 Å². The lowest BCUT2D eigenvalue weighted by atomic mass is 9.76. The third kappa shape index (κ3) is 9.10. The van der Waals surface area contributed by atoms with Crippen LogP contribution >= 0.6 is 0 Å². The normalized spacial score (nSPS) is 25.3. The summed E-state index contributed by atoms with van der Waals surface area (Å²) >= 11 is 0. The molecule has 31 heavy (non-hydrogen) atoms. The maximum atomic E-state index is 12.7. The number of rotatable bonds is 10. The SMILES string of the molecule is CC(C)CC1(CC(O)CO)CC(C(O[SiH](C)C)C(C)(C)C)ON1CC(=O)OC(C)(C)C. The molecule has 1 saturated heterocycles. The van der Waals surface area contributed by atoms with Gasteiger partial charge >= 0.3 is 5.97 Å². The highest BCUT2D eigenvalue weighted by atomic mass is 28.3. The predicted molar refractivity (Wildman–Crippen MR) is 125 cm³/mol. The van der Waals surface area contributed by atoms with Crippen LogP contribution in [0.15, 0.2) is 0 Å². The Bertz CT molecular complexity index is 571. The van der Waals surface area contributed by atoms with Crippen molar-refractivity contribution in [2.75, 3.05) is 13.2 Å². The van der Waals surface area contributed by atoms with E-state index in [1.165, 1.54) is 0 Å². The molecule has 184 valence electrons. The zero-order valence-electron chi connectivity index (χ0n) is 21.4. The van der Waals surface area contributed by atoms with Gasteiger partial charge in [0.2, 0.25) is 0 Å². The van der Waals surface area contributed by atoms with Gasteiger partial charge in [0.05, 0.1) is 24.4 Å². The summed E-state index contributed by atoms with van der Waals surface area (Å²) in [5.74, 6) is -0.0610. The summed E-state index contributed by atoms with van der Waals surface area (Å²) in [6.07, 6.45) is 0.378. The maximum absolute atomic E-state index is 12.7. The predicted octanol–water partition coefficient (Wildman–Crippen LogP) is 3.28. The highest BCUT2D eigenvalue weighted by molar-refractivity contribution is 6.48. The van der Waals surface area contributed by atoms with Crippen LogP contribution in [0.2, 0.25) is 13.1 Å². The van der Waals surface area contributed by atoms with Gasteiger partial charge in [-0.05, 0) is 64.5 Å². The first-order valence-electron chi connectivity index (χ1n) is 11.6. The van der Waals surface area contributed by atoms with Crippen LogP contribution in [0.25, 0.3) is 0 Å². The smallest absolute Gasteiger partial charge is 0.323 e. The number of hydrogen-bond donors (Lipinski definition) is 2. The fraction of sp³-hybridized carbons (Fsp3) is 0.957. The highest BCUT2D eigenvalue weighted by Gasteiger charge is 2.53. The molecule has 0 bridgehead atoms. The summed E-state index contributed by atoms with van der Waals surface area (Å²) in [6.45, 7) is 20.1. The van der Waals surface area contributed by atoms with Gasteiger partial charge in [-0.15, -0.1) is 0 Å². The first-order chi connectivity index (χ1) is 14.0. The molecule has 1 aliphatic heterocycles. The molecule has 0 aromatic heterocycles. The van der Waals surface area contributed by atoms with E-state index in [1.807, 2.05) is 20.8 Å². The van der Waals surface area contributed by atoms with Crippen LogP contribution in [0.1, 0.15) is 74.7 Å². The molecule has 1 aliphatic rings. The Balaban J connectivity index is 3.32. The molecule has 0 saturated carbocycles. The molecule has 0 spiro atoms. The summed E-state index contributed by atoms with van der Waals surface area (Å²) in [5.41, 5.74) is -1.34. The van der Waals surface area contributed by atoms with Crippen molar-refractivity contribution in [2.24, 2.45) is 11.3 Å². The van der Waals surface area contributed by atoms with Gasteiger partial charge in [-0.1, -0.05) is 34.6 Å². The molecule has 8 heteroatoms. The molecule has 0 aliphatic carbocycles. The van der Waals surface area contributed by atoms with Gasteiger partial charge < -0.3 is 19.4 Å². The third-order valence-corrected chi connectivity index (χ3v) is 6.13. The van der Waals surface area contributed by atoms with E-state index in [-0.39, 0.29) is 36.7 Å². The molecule has 0 radical (unpaired) electrons. The number of carbonyl (C=O) groups excluding carboxylic acids is 1. The second-order valence-electron chi connectivity index (χ2n) is 11.8. The second-order valence-corrected chi connectivity index (χ2v) is 14.2. The van der Waals surface area contributed by atoms with E-state index < -0.39 is 26.3 Å². The lowest BCUT2D eigenvalue weighted by Crippen LogP contribution is -2.49. The van der Waals surface area contributed by atoms with Gasteiger partial charge in [0.1, 0.15) is 18.2 Å². The minimum atomic E-state index is -1.35. The standard InChI is InChI=1S/C23H47NO6Si/c1-16(2)11-23(12-17(26)15-25)13-18(20(21(3,4)5)30-31(9)10)29-24(23)14-19(27)28-22(6,7)8/h16-18,20,25-26,31H,11-15H2,1-10H3. The van der Waals surface area contributed by atoms with Gasteiger partial charge in [0.15, 0.2) is 9.04 Å². The van der Waals surface area contributed by atoms with E-state index in [4.69, 9.17) is 14.0 Å². The second kappa shape index (κ2) is 11.1. The van der Waals surface area contributed by atoms with Crippen LogP contribution in [0.5, 0.6) is 0 Å². The molecule has 1 fully saturated rings. The van der Waals surface area contributed by atoms with E-state index in [0.717, 1.165) is 6.42 Å². The number of esters is 1. The van der Waals surface area contributed by atoms with Crippen molar-refractivity contribution in [3.8, 4) is 0 Å².